The monoisotopic (exact) mass is 918 g/mol. The van der Waals surface area contributed by atoms with Gasteiger partial charge in [0.05, 0.1) is 38.9 Å². The molecule has 0 spiro atoms. The number of fused-ring (bicyclic) bond motifs is 11. The van der Waals surface area contributed by atoms with Crippen LogP contribution in [0.25, 0.3) is 126 Å². The molecule has 15 rings (SSSR count). The third-order valence-electron chi connectivity index (χ3n) is 14.8. The van der Waals surface area contributed by atoms with Gasteiger partial charge in [-0.2, -0.15) is 0 Å². The number of hydrogen-bond donors (Lipinski definition) is 0. The van der Waals surface area contributed by atoms with Crippen LogP contribution in [0.15, 0.2) is 264 Å². The van der Waals surface area contributed by atoms with E-state index >= 15 is 0 Å². The first-order valence-electron chi connectivity index (χ1n) is 24.6. The molecule has 0 bridgehead atoms. The minimum absolute atomic E-state index is 0.828. The molecule has 12 aromatic carbocycles. The number of nitrogens with zero attached hydrogens (tertiary/aromatic N) is 2. The van der Waals surface area contributed by atoms with E-state index in [-0.39, 0.29) is 0 Å². The summed E-state index contributed by atoms with van der Waals surface area (Å²) in [5.74, 6) is 0. The van der Waals surface area contributed by atoms with E-state index in [9.17, 15) is 0 Å². The lowest BCUT2D eigenvalue weighted by Crippen LogP contribution is -2.11. The molecule has 0 unspecified atom stereocenters. The normalized spacial score (nSPS) is 11.9. The van der Waals surface area contributed by atoms with Crippen molar-refractivity contribution >= 4 is 104 Å². The maximum atomic E-state index is 7.20. The Labute approximate surface area is 414 Å². The first-order valence-corrected chi connectivity index (χ1v) is 24.6. The Morgan fingerprint density at radius 3 is 1.51 bits per heavy atom. The van der Waals surface area contributed by atoms with Gasteiger partial charge in [0.15, 0.2) is 0 Å². The molecular formula is C68H42N2O2. The molecule has 72 heavy (non-hydrogen) atoms. The number of aromatic nitrogens is 1. The molecule has 0 saturated heterocycles. The van der Waals surface area contributed by atoms with Crippen LogP contribution in [0, 0.1) is 0 Å². The van der Waals surface area contributed by atoms with E-state index in [1.807, 2.05) is 0 Å². The van der Waals surface area contributed by atoms with Crippen molar-refractivity contribution in [1.29, 1.82) is 0 Å². The predicted molar refractivity (Wildman–Crippen MR) is 301 cm³/mol. The SMILES string of the molecule is c1ccc(-c2ccc(N(c3ccc(-c4cccc5ccccc45)cc3)c3ccc(-c4cccc5c4c4ccccc4n5-c4cccc5ccccc45)c4oc5ccccc5c34)c3c2oc2ccccc23)cc1. The van der Waals surface area contributed by atoms with Crippen molar-refractivity contribution in [3.05, 3.63) is 255 Å². The van der Waals surface area contributed by atoms with Crippen LogP contribution in [0.5, 0.6) is 0 Å². The van der Waals surface area contributed by atoms with Gasteiger partial charge in [0.1, 0.15) is 22.3 Å². The van der Waals surface area contributed by atoms with E-state index in [0.717, 1.165) is 105 Å². The summed E-state index contributed by atoms with van der Waals surface area (Å²) in [6.45, 7) is 0. The molecule has 0 radical (unpaired) electrons. The Hall–Kier alpha value is -9.64. The summed E-state index contributed by atoms with van der Waals surface area (Å²) < 4.78 is 16.6. The minimum atomic E-state index is 0.828. The van der Waals surface area contributed by atoms with Gasteiger partial charge in [-0.25, -0.2) is 0 Å². The van der Waals surface area contributed by atoms with E-state index in [1.165, 1.54) is 37.9 Å². The van der Waals surface area contributed by atoms with Crippen molar-refractivity contribution < 1.29 is 8.83 Å². The van der Waals surface area contributed by atoms with Crippen molar-refractivity contribution in [3.63, 3.8) is 0 Å². The molecule has 3 heterocycles. The minimum Gasteiger partial charge on any atom is -0.455 e. The highest BCUT2D eigenvalue weighted by atomic mass is 16.3. The van der Waals surface area contributed by atoms with Gasteiger partial charge in [-0.3, -0.25) is 0 Å². The molecule has 0 atom stereocenters. The standard InChI is InChI=1S/C68H42N2O2/c1-2-17-45(18-3-1)51-39-41-60(65-55-26-9-12-33-62(55)71-67(51)65)69(47-37-35-46(36-38-47)49-28-14-21-43-19-4-6-23-48(43)49)61-42-40-53(68-66(61)56-27-10-13-34-63(56)72-68)52-29-16-32-59-64(52)54-25-8-11-30-58(54)70(59)57-31-15-22-44-20-5-7-24-50(44)57/h1-42H. The van der Waals surface area contributed by atoms with E-state index in [4.69, 9.17) is 8.83 Å². The molecule has 0 N–H and O–H groups in total. The fourth-order valence-electron chi connectivity index (χ4n) is 11.6. The van der Waals surface area contributed by atoms with Gasteiger partial charge >= 0.3 is 0 Å². The summed E-state index contributed by atoms with van der Waals surface area (Å²) in [7, 11) is 0. The highest BCUT2D eigenvalue weighted by molar-refractivity contribution is 6.24. The maximum Gasteiger partial charge on any atom is 0.145 e. The third kappa shape index (κ3) is 6.06. The van der Waals surface area contributed by atoms with Gasteiger partial charge in [0, 0.05) is 43.7 Å². The van der Waals surface area contributed by atoms with Crippen LogP contribution in [-0.2, 0) is 0 Å². The average molecular weight is 919 g/mol. The predicted octanol–water partition coefficient (Wildman–Crippen LogP) is 19.4. The van der Waals surface area contributed by atoms with Gasteiger partial charge in [-0.1, -0.05) is 188 Å². The number of rotatable bonds is 7. The van der Waals surface area contributed by atoms with Crippen LogP contribution in [0.3, 0.4) is 0 Å². The first kappa shape index (κ1) is 40.3. The Morgan fingerprint density at radius 1 is 0.292 bits per heavy atom. The van der Waals surface area contributed by atoms with Crippen molar-refractivity contribution in [2.75, 3.05) is 4.90 Å². The summed E-state index contributed by atoms with van der Waals surface area (Å²) in [6.07, 6.45) is 0. The molecule has 15 aromatic rings. The quantitative estimate of drug-likeness (QED) is 0.160. The molecule has 0 aliphatic heterocycles. The molecule has 0 fully saturated rings. The Bertz CT molecular complexity index is 4620. The average Bonchev–Trinajstić information content (AvgIpc) is 4.14. The van der Waals surface area contributed by atoms with Gasteiger partial charge in [-0.15, -0.1) is 0 Å². The van der Waals surface area contributed by atoms with E-state index < -0.39 is 0 Å². The summed E-state index contributed by atoms with van der Waals surface area (Å²) in [5.41, 5.74) is 16.4. The maximum absolute atomic E-state index is 7.20. The van der Waals surface area contributed by atoms with Crippen LogP contribution in [0.4, 0.5) is 17.1 Å². The second-order valence-corrected chi connectivity index (χ2v) is 18.7. The molecule has 0 saturated carbocycles. The number of furan rings is 2. The molecule has 336 valence electrons. The third-order valence-corrected chi connectivity index (χ3v) is 14.8. The Balaban J connectivity index is 1.01. The molecule has 4 heteroatoms. The topological polar surface area (TPSA) is 34.5 Å². The van der Waals surface area contributed by atoms with Gasteiger partial charge in [0.2, 0.25) is 0 Å². The molecule has 0 aliphatic carbocycles. The lowest BCUT2D eigenvalue weighted by atomic mass is 9.95. The Kier molecular flexibility index (Phi) is 8.92. The highest BCUT2D eigenvalue weighted by Gasteiger charge is 2.28. The molecular weight excluding hydrogens is 877 g/mol. The smallest absolute Gasteiger partial charge is 0.145 e. The zero-order valence-electron chi connectivity index (χ0n) is 39.0. The lowest BCUT2D eigenvalue weighted by Gasteiger charge is -2.28. The molecule has 0 aliphatic rings. The van der Waals surface area contributed by atoms with Crippen molar-refractivity contribution in [3.8, 4) is 39.1 Å². The number of benzene rings is 12. The Morgan fingerprint density at radius 2 is 0.792 bits per heavy atom. The molecule has 3 aromatic heterocycles. The van der Waals surface area contributed by atoms with Crippen LogP contribution >= 0.6 is 0 Å². The van der Waals surface area contributed by atoms with Gasteiger partial charge in [0.25, 0.3) is 0 Å². The largest absolute Gasteiger partial charge is 0.455 e. The van der Waals surface area contributed by atoms with Gasteiger partial charge in [-0.05, 0) is 105 Å². The number of para-hydroxylation sites is 3. The summed E-state index contributed by atoms with van der Waals surface area (Å²) >= 11 is 0. The van der Waals surface area contributed by atoms with E-state index in [2.05, 4.69) is 264 Å². The number of hydrogen-bond acceptors (Lipinski definition) is 3. The van der Waals surface area contributed by atoms with Crippen LogP contribution in [-0.4, -0.2) is 4.57 Å². The molecule has 0 amide bonds. The zero-order valence-corrected chi connectivity index (χ0v) is 39.0. The van der Waals surface area contributed by atoms with Crippen molar-refractivity contribution in [2.24, 2.45) is 0 Å². The summed E-state index contributed by atoms with van der Waals surface area (Å²) in [5, 5.41) is 11.4. The fraction of sp³-hybridized carbons (Fsp3) is 0. The van der Waals surface area contributed by atoms with E-state index in [0.29, 0.717) is 0 Å². The first-order chi connectivity index (χ1) is 35.7. The van der Waals surface area contributed by atoms with Crippen LogP contribution in [0.2, 0.25) is 0 Å². The zero-order chi connectivity index (χ0) is 47.3. The lowest BCUT2D eigenvalue weighted by molar-refractivity contribution is 0.670. The number of anilines is 3. The van der Waals surface area contributed by atoms with E-state index in [1.54, 1.807) is 0 Å². The van der Waals surface area contributed by atoms with Crippen molar-refractivity contribution in [2.45, 2.75) is 0 Å². The summed E-state index contributed by atoms with van der Waals surface area (Å²) in [4.78, 5) is 2.42. The second-order valence-electron chi connectivity index (χ2n) is 18.7. The van der Waals surface area contributed by atoms with Crippen molar-refractivity contribution in [1.82, 2.24) is 4.57 Å². The van der Waals surface area contributed by atoms with Gasteiger partial charge < -0.3 is 18.3 Å². The fourth-order valence-corrected chi connectivity index (χ4v) is 11.6. The van der Waals surface area contributed by atoms with Crippen LogP contribution in [0.1, 0.15) is 0 Å². The summed E-state index contributed by atoms with van der Waals surface area (Å²) in [6, 6.07) is 91.5. The molecule has 4 nitrogen and oxygen atoms in total. The van der Waals surface area contributed by atoms with Crippen LogP contribution < -0.4 is 4.90 Å². The highest BCUT2D eigenvalue weighted by Crippen LogP contribution is 2.52. The second kappa shape index (κ2) is 16.0.